The quantitative estimate of drug-likeness (QED) is 0.829. The smallest absolute Gasteiger partial charge is 0.154 e. The fourth-order valence-corrected chi connectivity index (χ4v) is 3.51. The van der Waals surface area contributed by atoms with Crippen LogP contribution in [0, 0.1) is 6.92 Å². The fourth-order valence-electron chi connectivity index (χ4n) is 3.41. The van der Waals surface area contributed by atoms with Gasteiger partial charge in [0.2, 0.25) is 0 Å². The first-order valence-electron chi connectivity index (χ1n) is 8.54. The van der Waals surface area contributed by atoms with Crippen LogP contribution in [-0.4, -0.2) is 82.7 Å². The lowest BCUT2D eigenvalue weighted by Crippen LogP contribution is -2.45. The van der Waals surface area contributed by atoms with E-state index in [-0.39, 0.29) is 0 Å². The summed E-state index contributed by atoms with van der Waals surface area (Å²) in [6, 6.07) is 2.24. The number of nitrogens with zero attached hydrogens (tertiary/aromatic N) is 4. The number of aromatic nitrogens is 2. The van der Waals surface area contributed by atoms with Crippen LogP contribution in [0.15, 0.2) is 6.07 Å². The topological polar surface area (TPSA) is 64.5 Å². The van der Waals surface area contributed by atoms with Crippen LogP contribution in [0.1, 0.15) is 18.4 Å². The van der Waals surface area contributed by atoms with Crippen LogP contribution in [0.25, 0.3) is 0 Å². The number of halogens is 2. The normalized spacial score (nSPS) is 29.1. The first kappa shape index (κ1) is 17.8. The molecular weight excluding hydrogens is 333 g/mol. The van der Waals surface area contributed by atoms with Crippen LogP contribution in [0.2, 0.25) is 5.15 Å². The van der Waals surface area contributed by atoms with Gasteiger partial charge in [0.15, 0.2) is 5.15 Å². The van der Waals surface area contributed by atoms with E-state index >= 15 is 0 Å². The minimum absolute atomic E-state index is 0.326. The molecule has 0 saturated carbocycles. The molecule has 2 aliphatic heterocycles. The van der Waals surface area contributed by atoms with Crippen LogP contribution in [-0.2, 0) is 0 Å². The van der Waals surface area contributed by atoms with E-state index in [1.807, 2.05) is 17.9 Å². The minimum Gasteiger partial charge on any atom is -0.389 e. The number of hydrogen-bond acceptors (Lipinski definition) is 6. The SMILES string of the molecule is Cc1cc(N[C@@H]2CCCN(CCN3CC(O)C(F)C3)C2)nnc1Cl. The molecule has 3 rings (SSSR count). The van der Waals surface area contributed by atoms with Crippen molar-refractivity contribution in [2.45, 2.75) is 38.1 Å². The van der Waals surface area contributed by atoms with Gasteiger partial charge in [-0.1, -0.05) is 11.6 Å². The molecule has 3 atom stereocenters. The lowest BCUT2D eigenvalue weighted by atomic mass is 10.1. The Morgan fingerprint density at radius 2 is 2.08 bits per heavy atom. The monoisotopic (exact) mass is 357 g/mol. The summed E-state index contributed by atoms with van der Waals surface area (Å²) in [5.41, 5.74) is 0.912. The molecule has 0 amide bonds. The number of aryl methyl sites for hydroxylation is 1. The van der Waals surface area contributed by atoms with Gasteiger partial charge in [0.25, 0.3) is 0 Å². The van der Waals surface area contributed by atoms with Gasteiger partial charge < -0.3 is 15.3 Å². The predicted molar refractivity (Wildman–Crippen MR) is 92.2 cm³/mol. The summed E-state index contributed by atoms with van der Waals surface area (Å²) in [5.74, 6) is 0.756. The third kappa shape index (κ3) is 4.53. The van der Waals surface area contributed by atoms with Gasteiger partial charge in [0.05, 0.1) is 6.10 Å². The molecule has 3 heterocycles. The van der Waals surface area contributed by atoms with E-state index in [0.29, 0.717) is 24.3 Å². The largest absolute Gasteiger partial charge is 0.389 e. The highest BCUT2D eigenvalue weighted by Crippen LogP contribution is 2.18. The summed E-state index contributed by atoms with van der Waals surface area (Å²) in [7, 11) is 0. The lowest BCUT2D eigenvalue weighted by Gasteiger charge is -2.34. The van der Waals surface area contributed by atoms with Gasteiger partial charge >= 0.3 is 0 Å². The molecule has 0 bridgehead atoms. The van der Waals surface area contributed by atoms with E-state index in [1.165, 1.54) is 0 Å². The van der Waals surface area contributed by atoms with E-state index < -0.39 is 12.3 Å². The molecule has 2 aliphatic rings. The number of aliphatic hydroxyl groups excluding tert-OH is 1. The molecule has 0 aliphatic carbocycles. The molecule has 2 unspecified atom stereocenters. The Morgan fingerprint density at radius 3 is 2.79 bits per heavy atom. The Balaban J connectivity index is 1.46. The second-order valence-electron chi connectivity index (χ2n) is 6.83. The zero-order valence-corrected chi connectivity index (χ0v) is 14.7. The fraction of sp³-hybridized carbons (Fsp3) is 0.750. The third-order valence-corrected chi connectivity index (χ3v) is 5.18. The summed E-state index contributed by atoms with van der Waals surface area (Å²) >= 11 is 5.91. The Labute approximate surface area is 147 Å². The molecule has 1 aromatic heterocycles. The van der Waals surface area contributed by atoms with E-state index in [4.69, 9.17) is 11.6 Å². The molecule has 8 heteroatoms. The number of aliphatic hydroxyl groups is 1. The number of rotatable bonds is 5. The molecule has 2 saturated heterocycles. The maximum Gasteiger partial charge on any atom is 0.154 e. The Hall–Kier alpha value is -1.02. The Morgan fingerprint density at radius 1 is 1.29 bits per heavy atom. The van der Waals surface area contributed by atoms with Crippen molar-refractivity contribution in [2.24, 2.45) is 0 Å². The van der Waals surface area contributed by atoms with Gasteiger partial charge in [-0.15, -0.1) is 10.2 Å². The van der Waals surface area contributed by atoms with Crippen LogP contribution < -0.4 is 5.32 Å². The highest BCUT2D eigenvalue weighted by molar-refractivity contribution is 6.30. The molecule has 0 spiro atoms. The van der Waals surface area contributed by atoms with Crippen LogP contribution in [0.5, 0.6) is 0 Å². The molecular formula is C16H25ClFN5O. The molecule has 134 valence electrons. The first-order chi connectivity index (χ1) is 11.5. The molecule has 0 aromatic carbocycles. The number of likely N-dealkylation sites (tertiary alicyclic amines) is 2. The molecule has 2 N–H and O–H groups in total. The standard InChI is InChI=1S/C16H25ClFN5O/c1-11-7-15(20-21-16(11)17)19-12-3-2-4-22(8-12)5-6-23-9-13(18)14(24)10-23/h7,12-14,24H,2-6,8-10H2,1H3,(H,19,20)/t12-,13?,14?/m1/s1. The van der Waals surface area contributed by atoms with E-state index in [0.717, 1.165) is 50.4 Å². The number of alkyl halides is 1. The van der Waals surface area contributed by atoms with Gasteiger partial charge in [-0.05, 0) is 37.9 Å². The zero-order chi connectivity index (χ0) is 17.1. The first-order valence-corrected chi connectivity index (χ1v) is 8.92. The van der Waals surface area contributed by atoms with Gasteiger partial charge in [-0.2, -0.15) is 0 Å². The summed E-state index contributed by atoms with van der Waals surface area (Å²) in [5, 5.41) is 21.4. The summed E-state index contributed by atoms with van der Waals surface area (Å²) in [6.45, 7) is 6.37. The van der Waals surface area contributed by atoms with Crippen molar-refractivity contribution in [1.82, 2.24) is 20.0 Å². The number of hydrogen-bond donors (Lipinski definition) is 2. The highest BCUT2D eigenvalue weighted by Gasteiger charge is 2.31. The number of nitrogens with one attached hydrogen (secondary N) is 1. The Bertz CT molecular complexity index is 553. The van der Waals surface area contributed by atoms with Crippen molar-refractivity contribution in [3.8, 4) is 0 Å². The summed E-state index contributed by atoms with van der Waals surface area (Å²) in [6.07, 6.45) is 0.279. The van der Waals surface area contributed by atoms with Crippen LogP contribution >= 0.6 is 11.6 Å². The maximum absolute atomic E-state index is 13.4. The van der Waals surface area contributed by atoms with Crippen LogP contribution in [0.3, 0.4) is 0 Å². The van der Waals surface area contributed by atoms with Crippen molar-refractivity contribution >= 4 is 17.4 Å². The summed E-state index contributed by atoms with van der Waals surface area (Å²) in [4.78, 5) is 4.38. The van der Waals surface area contributed by atoms with E-state index in [2.05, 4.69) is 20.4 Å². The van der Waals surface area contributed by atoms with Crippen molar-refractivity contribution < 1.29 is 9.50 Å². The predicted octanol–water partition coefficient (Wildman–Crippen LogP) is 1.33. The Kier molecular flexibility index (Phi) is 5.86. The number of anilines is 1. The summed E-state index contributed by atoms with van der Waals surface area (Å²) < 4.78 is 13.4. The van der Waals surface area contributed by atoms with Crippen molar-refractivity contribution in [3.05, 3.63) is 16.8 Å². The molecule has 0 radical (unpaired) electrons. The van der Waals surface area contributed by atoms with Gasteiger partial charge in [0.1, 0.15) is 12.0 Å². The zero-order valence-electron chi connectivity index (χ0n) is 14.0. The number of piperidine rings is 1. The minimum atomic E-state index is -1.10. The van der Waals surface area contributed by atoms with Gasteiger partial charge in [0, 0.05) is 38.8 Å². The second kappa shape index (κ2) is 7.91. The van der Waals surface area contributed by atoms with Gasteiger partial charge in [-0.25, -0.2) is 4.39 Å². The average Bonchev–Trinajstić information content (AvgIpc) is 2.88. The molecule has 24 heavy (non-hydrogen) atoms. The molecule has 6 nitrogen and oxygen atoms in total. The van der Waals surface area contributed by atoms with Gasteiger partial charge in [-0.3, -0.25) is 4.90 Å². The highest BCUT2D eigenvalue weighted by atomic mass is 35.5. The van der Waals surface area contributed by atoms with Crippen molar-refractivity contribution in [3.63, 3.8) is 0 Å². The van der Waals surface area contributed by atoms with Crippen molar-refractivity contribution in [1.29, 1.82) is 0 Å². The maximum atomic E-state index is 13.4. The second-order valence-corrected chi connectivity index (χ2v) is 7.19. The molecule has 1 aromatic rings. The van der Waals surface area contributed by atoms with E-state index in [9.17, 15) is 9.50 Å². The van der Waals surface area contributed by atoms with Crippen LogP contribution in [0.4, 0.5) is 10.2 Å². The lowest BCUT2D eigenvalue weighted by molar-refractivity contribution is 0.115. The average molecular weight is 358 g/mol. The van der Waals surface area contributed by atoms with E-state index in [1.54, 1.807) is 0 Å². The third-order valence-electron chi connectivity index (χ3n) is 4.81. The molecule has 2 fully saturated rings. The van der Waals surface area contributed by atoms with Crippen molar-refractivity contribution in [2.75, 3.05) is 44.6 Å². The number of β-amino-alcohol motifs (C(OH)–C–C–N with tert-alkyl or cyclic N) is 1.